The minimum atomic E-state index is -0.538. The van der Waals surface area contributed by atoms with Crippen LogP contribution in [0.1, 0.15) is 22.6 Å². The molecule has 4 heteroatoms. The van der Waals surface area contributed by atoms with Crippen molar-refractivity contribution in [3.63, 3.8) is 0 Å². The summed E-state index contributed by atoms with van der Waals surface area (Å²) in [5, 5.41) is 1.05. The first-order valence-electron chi connectivity index (χ1n) is 7.25. The van der Waals surface area contributed by atoms with E-state index in [-0.39, 0.29) is 5.92 Å². The molecule has 0 aliphatic carbocycles. The van der Waals surface area contributed by atoms with Crippen molar-refractivity contribution in [2.24, 2.45) is 0 Å². The van der Waals surface area contributed by atoms with Gasteiger partial charge in [-0.2, -0.15) is 0 Å². The number of hydrogen-bond acceptors (Lipinski definition) is 2. The van der Waals surface area contributed by atoms with Crippen LogP contribution < -0.4 is 0 Å². The molecular formula is C18H15F2NO. The summed E-state index contributed by atoms with van der Waals surface area (Å²) in [4.78, 5) is 2.15. The highest BCUT2D eigenvalue weighted by atomic mass is 19.1. The Morgan fingerprint density at radius 1 is 1.09 bits per heavy atom. The number of furan rings is 1. The maximum atomic E-state index is 13.6. The molecule has 0 spiro atoms. The van der Waals surface area contributed by atoms with Crippen molar-refractivity contribution in [2.45, 2.75) is 12.5 Å². The summed E-state index contributed by atoms with van der Waals surface area (Å²) in [7, 11) is 2.01. The van der Waals surface area contributed by atoms with Crippen molar-refractivity contribution >= 4 is 11.0 Å². The summed E-state index contributed by atoms with van der Waals surface area (Å²) in [6, 6.07) is 9.74. The Kier molecular flexibility index (Phi) is 3.01. The van der Waals surface area contributed by atoms with Crippen molar-refractivity contribution in [2.75, 3.05) is 13.6 Å². The Labute approximate surface area is 127 Å². The maximum Gasteiger partial charge on any atom is 0.138 e. The van der Waals surface area contributed by atoms with Crippen LogP contribution in [0.15, 0.2) is 47.1 Å². The average molecular weight is 299 g/mol. The van der Waals surface area contributed by atoms with Gasteiger partial charge in [0, 0.05) is 36.0 Å². The smallest absolute Gasteiger partial charge is 0.138 e. The lowest BCUT2D eigenvalue weighted by Crippen LogP contribution is -2.31. The molecule has 0 saturated carbocycles. The van der Waals surface area contributed by atoms with Crippen LogP contribution in [0.5, 0.6) is 0 Å². The molecule has 0 saturated heterocycles. The molecule has 1 aliphatic heterocycles. The quantitative estimate of drug-likeness (QED) is 0.666. The normalized spacial score (nSPS) is 18.6. The molecule has 0 fully saturated rings. The van der Waals surface area contributed by atoms with Crippen molar-refractivity contribution in [1.29, 1.82) is 0 Å². The van der Waals surface area contributed by atoms with E-state index in [2.05, 4.69) is 4.90 Å². The van der Waals surface area contributed by atoms with Gasteiger partial charge in [0.05, 0.1) is 6.26 Å². The van der Waals surface area contributed by atoms with Gasteiger partial charge < -0.3 is 9.32 Å². The first-order valence-corrected chi connectivity index (χ1v) is 7.25. The molecule has 2 heterocycles. The maximum absolute atomic E-state index is 13.6. The molecule has 4 rings (SSSR count). The molecule has 2 aromatic carbocycles. The van der Waals surface area contributed by atoms with E-state index in [1.165, 1.54) is 12.1 Å². The number of nitrogens with zero attached hydrogens (tertiary/aromatic N) is 1. The molecule has 1 aliphatic rings. The Hall–Kier alpha value is -2.20. The molecule has 0 N–H and O–H groups in total. The SMILES string of the molecule is CN1Cc2c(ccc3ccoc23)C(c2cc(F)cc(F)c2)C1. The Morgan fingerprint density at radius 2 is 1.86 bits per heavy atom. The van der Waals surface area contributed by atoms with Gasteiger partial charge in [0.2, 0.25) is 0 Å². The number of likely N-dealkylation sites (N-methyl/N-ethyl adjacent to an activating group) is 1. The zero-order valence-corrected chi connectivity index (χ0v) is 12.1. The largest absolute Gasteiger partial charge is 0.464 e. The predicted molar refractivity (Wildman–Crippen MR) is 80.7 cm³/mol. The van der Waals surface area contributed by atoms with Crippen LogP contribution in [0.2, 0.25) is 0 Å². The van der Waals surface area contributed by atoms with Gasteiger partial charge in [-0.3, -0.25) is 0 Å². The third-order valence-electron chi connectivity index (χ3n) is 4.35. The van der Waals surface area contributed by atoms with Crippen LogP contribution >= 0.6 is 0 Å². The fourth-order valence-corrected chi connectivity index (χ4v) is 3.40. The van der Waals surface area contributed by atoms with Crippen LogP contribution in [0.25, 0.3) is 11.0 Å². The number of fused-ring (bicyclic) bond motifs is 3. The van der Waals surface area contributed by atoms with Gasteiger partial charge in [0.25, 0.3) is 0 Å². The third kappa shape index (κ3) is 2.11. The van der Waals surface area contributed by atoms with Gasteiger partial charge in [-0.1, -0.05) is 12.1 Å². The van der Waals surface area contributed by atoms with Crippen molar-refractivity contribution in [3.05, 3.63) is 71.0 Å². The monoisotopic (exact) mass is 299 g/mol. The topological polar surface area (TPSA) is 16.4 Å². The fraction of sp³-hybridized carbons (Fsp3) is 0.222. The Morgan fingerprint density at radius 3 is 2.64 bits per heavy atom. The van der Waals surface area contributed by atoms with E-state index < -0.39 is 11.6 Å². The van der Waals surface area contributed by atoms with E-state index in [1.54, 1.807) is 6.26 Å². The summed E-state index contributed by atoms with van der Waals surface area (Å²) >= 11 is 0. The average Bonchev–Trinajstić information content (AvgIpc) is 2.94. The van der Waals surface area contributed by atoms with Crippen molar-refractivity contribution < 1.29 is 13.2 Å². The number of hydrogen-bond donors (Lipinski definition) is 0. The number of rotatable bonds is 1. The number of halogens is 2. The van der Waals surface area contributed by atoms with Gasteiger partial charge in [-0.05, 0) is 36.4 Å². The summed E-state index contributed by atoms with van der Waals surface area (Å²) in [6.07, 6.45) is 1.68. The number of benzene rings is 2. The lowest BCUT2D eigenvalue weighted by molar-refractivity contribution is 0.294. The Balaban J connectivity index is 1.91. The first-order chi connectivity index (χ1) is 10.6. The van der Waals surface area contributed by atoms with Crippen molar-refractivity contribution in [1.82, 2.24) is 4.90 Å². The molecule has 3 aromatic rings. The molecule has 0 bridgehead atoms. The molecule has 0 amide bonds. The van der Waals surface area contributed by atoms with Crippen LogP contribution in [-0.2, 0) is 6.54 Å². The van der Waals surface area contributed by atoms with E-state index in [1.807, 2.05) is 25.2 Å². The molecule has 112 valence electrons. The van der Waals surface area contributed by atoms with Crippen LogP contribution in [0.3, 0.4) is 0 Å². The van der Waals surface area contributed by atoms with E-state index in [4.69, 9.17) is 4.42 Å². The minimum Gasteiger partial charge on any atom is -0.464 e. The highest BCUT2D eigenvalue weighted by Crippen LogP contribution is 2.37. The fourth-order valence-electron chi connectivity index (χ4n) is 3.40. The van der Waals surface area contributed by atoms with E-state index in [0.29, 0.717) is 5.56 Å². The zero-order chi connectivity index (χ0) is 15.3. The van der Waals surface area contributed by atoms with Gasteiger partial charge in [-0.15, -0.1) is 0 Å². The third-order valence-corrected chi connectivity index (χ3v) is 4.35. The lowest BCUT2D eigenvalue weighted by atomic mass is 9.84. The molecule has 2 nitrogen and oxygen atoms in total. The molecular weight excluding hydrogens is 284 g/mol. The van der Waals surface area contributed by atoms with E-state index in [9.17, 15) is 8.78 Å². The van der Waals surface area contributed by atoms with Gasteiger partial charge in [-0.25, -0.2) is 8.78 Å². The second kappa shape index (κ2) is 4.92. The predicted octanol–water partition coefficient (Wildman–Crippen LogP) is 4.29. The van der Waals surface area contributed by atoms with Gasteiger partial charge >= 0.3 is 0 Å². The molecule has 1 atom stereocenters. The Bertz CT molecular complexity index is 835. The second-order valence-electron chi connectivity index (χ2n) is 5.92. The standard InChI is InChI=1S/C18H15F2NO/c1-21-9-16(12-6-13(19)8-14(20)7-12)15-3-2-11-4-5-22-18(11)17(15)10-21/h2-8,16H,9-10H2,1H3. The van der Waals surface area contributed by atoms with E-state index >= 15 is 0 Å². The van der Waals surface area contributed by atoms with Crippen LogP contribution in [0, 0.1) is 11.6 Å². The second-order valence-corrected chi connectivity index (χ2v) is 5.92. The van der Waals surface area contributed by atoms with Crippen LogP contribution in [-0.4, -0.2) is 18.5 Å². The summed E-state index contributed by atoms with van der Waals surface area (Å²) in [5.41, 5.74) is 3.72. The highest BCUT2D eigenvalue weighted by molar-refractivity contribution is 5.82. The van der Waals surface area contributed by atoms with Crippen LogP contribution in [0.4, 0.5) is 8.78 Å². The lowest BCUT2D eigenvalue weighted by Gasteiger charge is -2.32. The first kappa shape index (κ1) is 13.5. The molecule has 1 aromatic heterocycles. The molecule has 0 radical (unpaired) electrons. The van der Waals surface area contributed by atoms with Gasteiger partial charge in [0.15, 0.2) is 0 Å². The molecule has 1 unspecified atom stereocenters. The van der Waals surface area contributed by atoms with Crippen molar-refractivity contribution in [3.8, 4) is 0 Å². The summed E-state index contributed by atoms with van der Waals surface area (Å²) in [5.74, 6) is -1.14. The molecule has 22 heavy (non-hydrogen) atoms. The summed E-state index contributed by atoms with van der Waals surface area (Å²) < 4.78 is 32.8. The zero-order valence-electron chi connectivity index (χ0n) is 12.1. The summed E-state index contributed by atoms with van der Waals surface area (Å²) in [6.45, 7) is 1.50. The highest BCUT2D eigenvalue weighted by Gasteiger charge is 2.27. The minimum absolute atomic E-state index is 0.0616. The van der Waals surface area contributed by atoms with E-state index in [0.717, 1.165) is 41.3 Å². The van der Waals surface area contributed by atoms with Gasteiger partial charge in [0.1, 0.15) is 17.2 Å².